The molecule has 0 aliphatic carbocycles. The predicted octanol–water partition coefficient (Wildman–Crippen LogP) is 4.46. The van der Waals surface area contributed by atoms with Gasteiger partial charge in [-0.1, -0.05) is 57.2 Å². The second-order valence-corrected chi connectivity index (χ2v) is 7.22. The summed E-state index contributed by atoms with van der Waals surface area (Å²) in [5.41, 5.74) is 1.27. The normalized spacial score (nSPS) is 11.5. The summed E-state index contributed by atoms with van der Waals surface area (Å²) in [6, 6.07) is 16.6. The van der Waals surface area contributed by atoms with Crippen LogP contribution >= 0.6 is 0 Å². The van der Waals surface area contributed by atoms with Gasteiger partial charge >= 0.3 is 5.97 Å². The highest BCUT2D eigenvalue weighted by Crippen LogP contribution is 2.32. The van der Waals surface area contributed by atoms with Crippen molar-refractivity contribution in [2.24, 2.45) is 0 Å². The molecule has 0 amide bonds. The van der Waals surface area contributed by atoms with E-state index in [9.17, 15) is 9.59 Å². The topological polar surface area (TPSA) is 48.3 Å². The molecule has 4 nitrogen and oxygen atoms in total. The summed E-state index contributed by atoms with van der Waals surface area (Å²) in [6.07, 6.45) is 0. The number of carbonyl (C=O) groups is 1. The summed E-state index contributed by atoms with van der Waals surface area (Å²) >= 11 is 0. The SMILES string of the molecule is CCOC(=O)c1c(C(C)(C)C)n(-c2ccccc2)c(=O)c2ccccc12. The van der Waals surface area contributed by atoms with Crippen LogP contribution in [0.15, 0.2) is 59.4 Å². The maximum Gasteiger partial charge on any atom is 0.340 e. The number of ether oxygens (including phenoxy) is 1. The lowest BCUT2D eigenvalue weighted by Crippen LogP contribution is -2.32. The van der Waals surface area contributed by atoms with Crippen molar-refractivity contribution in [3.8, 4) is 5.69 Å². The van der Waals surface area contributed by atoms with Gasteiger partial charge < -0.3 is 4.74 Å². The minimum absolute atomic E-state index is 0.134. The standard InChI is InChI=1S/C22H23NO3/c1-5-26-21(25)18-16-13-9-10-14-17(16)20(24)23(19(18)22(2,3)4)15-11-7-6-8-12-15/h6-14H,5H2,1-4H3. The molecule has 0 unspecified atom stereocenters. The Morgan fingerprint density at radius 2 is 1.54 bits per heavy atom. The molecule has 3 aromatic rings. The van der Waals surface area contributed by atoms with Crippen molar-refractivity contribution in [1.82, 2.24) is 4.57 Å². The molecular formula is C22H23NO3. The van der Waals surface area contributed by atoms with Crippen LogP contribution in [0.3, 0.4) is 0 Å². The summed E-state index contributed by atoms with van der Waals surface area (Å²) in [4.78, 5) is 26.2. The van der Waals surface area contributed by atoms with Crippen LogP contribution < -0.4 is 5.56 Å². The van der Waals surface area contributed by atoms with Gasteiger partial charge in [-0.2, -0.15) is 0 Å². The second-order valence-electron chi connectivity index (χ2n) is 7.22. The Balaban J connectivity index is 2.56. The fourth-order valence-corrected chi connectivity index (χ4v) is 3.29. The van der Waals surface area contributed by atoms with Crippen LogP contribution in [-0.2, 0) is 10.2 Å². The molecule has 0 atom stereocenters. The van der Waals surface area contributed by atoms with E-state index in [1.165, 1.54) is 0 Å². The molecular weight excluding hydrogens is 326 g/mol. The molecule has 26 heavy (non-hydrogen) atoms. The lowest BCUT2D eigenvalue weighted by atomic mass is 9.85. The third kappa shape index (κ3) is 3.03. The van der Waals surface area contributed by atoms with Crippen LogP contribution in [0, 0.1) is 0 Å². The first-order valence-corrected chi connectivity index (χ1v) is 8.77. The van der Waals surface area contributed by atoms with Gasteiger partial charge in [0.05, 0.1) is 12.2 Å². The Hall–Kier alpha value is -2.88. The Morgan fingerprint density at radius 3 is 2.12 bits per heavy atom. The molecule has 0 saturated carbocycles. The number of hydrogen-bond donors (Lipinski definition) is 0. The fourth-order valence-electron chi connectivity index (χ4n) is 3.29. The minimum Gasteiger partial charge on any atom is -0.462 e. The number of aromatic nitrogens is 1. The second kappa shape index (κ2) is 6.79. The summed E-state index contributed by atoms with van der Waals surface area (Å²) in [6.45, 7) is 8.06. The van der Waals surface area contributed by atoms with Gasteiger partial charge in [-0.3, -0.25) is 9.36 Å². The van der Waals surface area contributed by atoms with Crippen molar-refractivity contribution in [3.63, 3.8) is 0 Å². The van der Waals surface area contributed by atoms with Crippen LogP contribution in [0.2, 0.25) is 0 Å². The van der Waals surface area contributed by atoms with Gasteiger partial charge in [-0.25, -0.2) is 4.79 Å². The molecule has 1 aromatic heterocycles. The summed E-state index contributed by atoms with van der Waals surface area (Å²) < 4.78 is 7.00. The van der Waals surface area contributed by atoms with E-state index in [4.69, 9.17) is 4.74 Å². The molecule has 3 rings (SSSR count). The van der Waals surface area contributed by atoms with E-state index in [0.717, 1.165) is 5.69 Å². The molecule has 0 spiro atoms. The monoisotopic (exact) mass is 349 g/mol. The van der Waals surface area contributed by atoms with E-state index < -0.39 is 11.4 Å². The van der Waals surface area contributed by atoms with E-state index in [1.807, 2.05) is 69.3 Å². The number of fused-ring (bicyclic) bond motifs is 1. The fraction of sp³-hybridized carbons (Fsp3) is 0.273. The first-order chi connectivity index (χ1) is 12.4. The van der Waals surface area contributed by atoms with Crippen LogP contribution in [0.4, 0.5) is 0 Å². The summed E-state index contributed by atoms with van der Waals surface area (Å²) in [5, 5.41) is 1.14. The number of benzene rings is 2. The van der Waals surface area contributed by atoms with Crippen LogP contribution in [-0.4, -0.2) is 17.1 Å². The number of para-hydroxylation sites is 1. The highest BCUT2D eigenvalue weighted by Gasteiger charge is 2.30. The zero-order valence-corrected chi connectivity index (χ0v) is 15.6. The highest BCUT2D eigenvalue weighted by molar-refractivity contribution is 6.05. The number of nitrogens with zero attached hydrogens (tertiary/aromatic N) is 1. The van der Waals surface area contributed by atoms with E-state index >= 15 is 0 Å². The zero-order valence-electron chi connectivity index (χ0n) is 15.6. The number of hydrogen-bond acceptors (Lipinski definition) is 3. The largest absolute Gasteiger partial charge is 0.462 e. The number of rotatable bonds is 3. The molecule has 0 radical (unpaired) electrons. The highest BCUT2D eigenvalue weighted by atomic mass is 16.5. The van der Waals surface area contributed by atoms with Crippen molar-refractivity contribution in [2.45, 2.75) is 33.1 Å². The van der Waals surface area contributed by atoms with Gasteiger partial charge in [-0.15, -0.1) is 0 Å². The maximum absolute atomic E-state index is 13.3. The Labute approximate surface area is 153 Å². The quantitative estimate of drug-likeness (QED) is 0.656. The Bertz CT molecular complexity index is 1010. The average Bonchev–Trinajstić information content (AvgIpc) is 2.61. The lowest BCUT2D eigenvalue weighted by Gasteiger charge is -2.28. The molecule has 1 heterocycles. The third-order valence-electron chi connectivity index (χ3n) is 4.29. The Kier molecular flexibility index (Phi) is 4.68. The maximum atomic E-state index is 13.3. The lowest BCUT2D eigenvalue weighted by molar-refractivity contribution is 0.0524. The first kappa shape index (κ1) is 17.9. The van der Waals surface area contributed by atoms with Crippen molar-refractivity contribution in [3.05, 3.63) is 76.2 Å². The minimum atomic E-state index is -0.443. The van der Waals surface area contributed by atoms with E-state index in [-0.39, 0.29) is 12.2 Å². The summed E-state index contributed by atoms with van der Waals surface area (Å²) in [7, 11) is 0. The van der Waals surface area contributed by atoms with Crippen molar-refractivity contribution in [2.75, 3.05) is 6.61 Å². The van der Waals surface area contributed by atoms with Gasteiger partial charge in [0, 0.05) is 27.6 Å². The molecule has 0 aliphatic rings. The molecule has 0 bridgehead atoms. The summed E-state index contributed by atoms with van der Waals surface area (Å²) in [5.74, 6) is -0.404. The molecule has 2 aromatic carbocycles. The molecule has 0 fully saturated rings. The van der Waals surface area contributed by atoms with Crippen LogP contribution in [0.1, 0.15) is 43.7 Å². The molecule has 0 N–H and O–H groups in total. The predicted molar refractivity (Wildman–Crippen MR) is 104 cm³/mol. The molecule has 4 heteroatoms. The number of carbonyl (C=O) groups excluding carboxylic acids is 1. The molecule has 134 valence electrons. The van der Waals surface area contributed by atoms with Gasteiger partial charge in [0.25, 0.3) is 5.56 Å². The van der Waals surface area contributed by atoms with Crippen LogP contribution in [0.25, 0.3) is 16.5 Å². The number of esters is 1. The molecule has 0 aliphatic heterocycles. The van der Waals surface area contributed by atoms with Gasteiger partial charge in [0.15, 0.2) is 0 Å². The van der Waals surface area contributed by atoms with E-state index in [1.54, 1.807) is 17.6 Å². The smallest absolute Gasteiger partial charge is 0.340 e. The van der Waals surface area contributed by atoms with Gasteiger partial charge in [0.1, 0.15) is 0 Å². The average molecular weight is 349 g/mol. The van der Waals surface area contributed by atoms with Crippen molar-refractivity contribution in [1.29, 1.82) is 0 Å². The third-order valence-corrected chi connectivity index (χ3v) is 4.29. The van der Waals surface area contributed by atoms with Crippen LogP contribution in [0.5, 0.6) is 0 Å². The first-order valence-electron chi connectivity index (χ1n) is 8.77. The Morgan fingerprint density at radius 1 is 0.962 bits per heavy atom. The van der Waals surface area contributed by atoms with Gasteiger partial charge in [0.2, 0.25) is 0 Å². The molecule has 0 saturated heterocycles. The van der Waals surface area contributed by atoms with Crippen molar-refractivity contribution < 1.29 is 9.53 Å². The van der Waals surface area contributed by atoms with E-state index in [0.29, 0.717) is 22.0 Å². The van der Waals surface area contributed by atoms with Crippen molar-refractivity contribution >= 4 is 16.7 Å². The van der Waals surface area contributed by atoms with Gasteiger partial charge in [-0.05, 0) is 25.1 Å². The number of pyridine rings is 1. The zero-order chi connectivity index (χ0) is 18.9. The van der Waals surface area contributed by atoms with E-state index in [2.05, 4.69) is 0 Å².